The van der Waals surface area contributed by atoms with Crippen molar-refractivity contribution in [3.05, 3.63) is 0 Å². The van der Waals surface area contributed by atoms with Crippen LogP contribution in [0.3, 0.4) is 0 Å². The van der Waals surface area contributed by atoms with E-state index in [1.165, 1.54) is 57.9 Å². The first kappa shape index (κ1) is 13.4. The Balaban J connectivity index is 2.14. The molecule has 3 atom stereocenters. The lowest BCUT2D eigenvalue weighted by molar-refractivity contribution is -0.0158. The summed E-state index contributed by atoms with van der Waals surface area (Å²) >= 11 is 0. The third kappa shape index (κ3) is 2.68. The molecule has 1 aliphatic carbocycles. The second-order valence-electron chi connectivity index (χ2n) is 6.38. The SMILES string of the molecule is CCC1CCCCN1C1(CN)CCCC(C)C1. The van der Waals surface area contributed by atoms with Crippen LogP contribution in [0.1, 0.15) is 65.2 Å². The molecule has 100 valence electrons. The van der Waals surface area contributed by atoms with Crippen LogP contribution in [0.5, 0.6) is 0 Å². The van der Waals surface area contributed by atoms with Crippen LogP contribution in [0.25, 0.3) is 0 Å². The molecule has 0 aromatic carbocycles. The Labute approximate surface area is 107 Å². The summed E-state index contributed by atoms with van der Waals surface area (Å²) < 4.78 is 0. The molecule has 1 heterocycles. The summed E-state index contributed by atoms with van der Waals surface area (Å²) in [4.78, 5) is 2.81. The summed E-state index contributed by atoms with van der Waals surface area (Å²) in [6.07, 6.45) is 11.0. The van der Waals surface area contributed by atoms with Crippen molar-refractivity contribution in [1.29, 1.82) is 0 Å². The van der Waals surface area contributed by atoms with Gasteiger partial charge in [0.25, 0.3) is 0 Å². The standard InChI is InChI=1S/C15H30N2/c1-3-14-8-4-5-10-17(14)15(12-16)9-6-7-13(2)11-15/h13-14H,3-12,16H2,1-2H3. The van der Waals surface area contributed by atoms with Crippen LogP contribution < -0.4 is 5.73 Å². The average Bonchev–Trinajstić information content (AvgIpc) is 2.38. The molecule has 3 unspecified atom stereocenters. The fourth-order valence-corrected chi connectivity index (χ4v) is 4.25. The van der Waals surface area contributed by atoms with E-state index in [0.717, 1.165) is 18.5 Å². The predicted octanol–water partition coefficient (Wildman–Crippen LogP) is 3.16. The van der Waals surface area contributed by atoms with Gasteiger partial charge in [0, 0.05) is 18.1 Å². The maximum Gasteiger partial charge on any atom is 0.0337 e. The van der Waals surface area contributed by atoms with E-state index in [4.69, 9.17) is 5.73 Å². The monoisotopic (exact) mass is 238 g/mol. The molecule has 0 aromatic heterocycles. The highest BCUT2D eigenvalue weighted by Crippen LogP contribution is 2.39. The maximum atomic E-state index is 6.21. The number of hydrogen-bond donors (Lipinski definition) is 1. The Kier molecular flexibility index (Phi) is 4.48. The van der Waals surface area contributed by atoms with Crippen molar-refractivity contribution in [2.45, 2.75) is 76.8 Å². The normalized spacial score (nSPS) is 40.4. The third-order valence-electron chi connectivity index (χ3n) is 5.16. The van der Waals surface area contributed by atoms with Crippen molar-refractivity contribution >= 4 is 0 Å². The molecule has 1 saturated heterocycles. The molecule has 2 heteroatoms. The van der Waals surface area contributed by atoms with Crippen molar-refractivity contribution in [2.24, 2.45) is 11.7 Å². The summed E-state index contributed by atoms with van der Waals surface area (Å²) in [7, 11) is 0. The van der Waals surface area contributed by atoms with Crippen LogP contribution in [0, 0.1) is 5.92 Å². The van der Waals surface area contributed by atoms with Gasteiger partial charge in [-0.25, -0.2) is 0 Å². The number of nitrogens with zero attached hydrogens (tertiary/aromatic N) is 1. The molecule has 17 heavy (non-hydrogen) atoms. The summed E-state index contributed by atoms with van der Waals surface area (Å²) in [5.41, 5.74) is 6.55. The molecular weight excluding hydrogens is 208 g/mol. The molecule has 1 aliphatic heterocycles. The fourth-order valence-electron chi connectivity index (χ4n) is 4.25. The van der Waals surface area contributed by atoms with Crippen molar-refractivity contribution in [1.82, 2.24) is 4.90 Å². The van der Waals surface area contributed by atoms with Gasteiger partial charge in [-0.2, -0.15) is 0 Å². The van der Waals surface area contributed by atoms with Crippen molar-refractivity contribution in [2.75, 3.05) is 13.1 Å². The zero-order valence-corrected chi connectivity index (χ0v) is 11.8. The molecule has 0 radical (unpaired) electrons. The van der Waals surface area contributed by atoms with Gasteiger partial charge in [0.15, 0.2) is 0 Å². The number of nitrogens with two attached hydrogens (primary N) is 1. The zero-order chi connectivity index (χ0) is 12.3. The van der Waals surface area contributed by atoms with Gasteiger partial charge < -0.3 is 5.73 Å². The summed E-state index contributed by atoms with van der Waals surface area (Å²) in [6, 6.07) is 0.803. The molecule has 2 rings (SSSR count). The van der Waals surface area contributed by atoms with Gasteiger partial charge in [0.1, 0.15) is 0 Å². The number of likely N-dealkylation sites (tertiary alicyclic amines) is 1. The fraction of sp³-hybridized carbons (Fsp3) is 1.00. The van der Waals surface area contributed by atoms with Crippen molar-refractivity contribution in [3.63, 3.8) is 0 Å². The second kappa shape index (κ2) is 5.71. The predicted molar refractivity (Wildman–Crippen MR) is 74.1 cm³/mol. The van der Waals surface area contributed by atoms with Gasteiger partial charge in [-0.3, -0.25) is 4.90 Å². The second-order valence-corrected chi connectivity index (χ2v) is 6.38. The third-order valence-corrected chi connectivity index (χ3v) is 5.16. The van der Waals surface area contributed by atoms with E-state index in [1.807, 2.05) is 0 Å². The van der Waals surface area contributed by atoms with Gasteiger partial charge in [0.05, 0.1) is 0 Å². The van der Waals surface area contributed by atoms with Crippen LogP contribution in [-0.4, -0.2) is 29.6 Å². The maximum absolute atomic E-state index is 6.21. The molecule has 0 aromatic rings. The summed E-state index contributed by atoms with van der Waals surface area (Å²) in [6.45, 7) is 6.92. The van der Waals surface area contributed by atoms with Gasteiger partial charge >= 0.3 is 0 Å². The summed E-state index contributed by atoms with van der Waals surface area (Å²) in [5, 5.41) is 0. The van der Waals surface area contributed by atoms with Crippen LogP contribution in [-0.2, 0) is 0 Å². The van der Waals surface area contributed by atoms with Gasteiger partial charge in [0.2, 0.25) is 0 Å². The Hall–Kier alpha value is -0.0800. The minimum atomic E-state index is 0.346. The summed E-state index contributed by atoms with van der Waals surface area (Å²) in [5.74, 6) is 0.867. The Morgan fingerprint density at radius 1 is 1.24 bits per heavy atom. The Morgan fingerprint density at radius 3 is 2.71 bits per heavy atom. The first-order valence-electron chi connectivity index (χ1n) is 7.68. The highest BCUT2D eigenvalue weighted by atomic mass is 15.2. The lowest BCUT2D eigenvalue weighted by Crippen LogP contribution is -2.60. The molecule has 2 nitrogen and oxygen atoms in total. The number of hydrogen-bond acceptors (Lipinski definition) is 2. The Morgan fingerprint density at radius 2 is 2.06 bits per heavy atom. The van der Waals surface area contributed by atoms with E-state index in [-0.39, 0.29) is 0 Å². The van der Waals surface area contributed by atoms with Crippen LogP contribution in [0.2, 0.25) is 0 Å². The first-order chi connectivity index (χ1) is 8.22. The number of piperidine rings is 1. The van der Waals surface area contributed by atoms with Crippen LogP contribution in [0.15, 0.2) is 0 Å². The zero-order valence-electron chi connectivity index (χ0n) is 11.8. The van der Waals surface area contributed by atoms with Crippen molar-refractivity contribution < 1.29 is 0 Å². The Bertz CT molecular complexity index is 241. The molecule has 0 bridgehead atoms. The largest absolute Gasteiger partial charge is 0.329 e. The first-order valence-corrected chi connectivity index (χ1v) is 7.68. The van der Waals surface area contributed by atoms with E-state index in [1.54, 1.807) is 0 Å². The van der Waals surface area contributed by atoms with Crippen molar-refractivity contribution in [3.8, 4) is 0 Å². The highest BCUT2D eigenvalue weighted by Gasteiger charge is 2.42. The average molecular weight is 238 g/mol. The molecule has 0 amide bonds. The van der Waals surface area contributed by atoms with E-state index in [2.05, 4.69) is 18.7 Å². The molecule has 1 saturated carbocycles. The van der Waals surface area contributed by atoms with Crippen LogP contribution in [0.4, 0.5) is 0 Å². The molecule has 0 spiro atoms. The lowest BCUT2D eigenvalue weighted by Gasteiger charge is -2.52. The van der Waals surface area contributed by atoms with Gasteiger partial charge in [-0.1, -0.05) is 33.1 Å². The smallest absolute Gasteiger partial charge is 0.0337 e. The molecule has 2 fully saturated rings. The van der Waals surface area contributed by atoms with E-state index >= 15 is 0 Å². The molecular formula is C15H30N2. The van der Waals surface area contributed by atoms with Gasteiger partial charge in [-0.05, 0) is 44.6 Å². The van der Waals surface area contributed by atoms with Gasteiger partial charge in [-0.15, -0.1) is 0 Å². The molecule has 2 aliphatic rings. The number of rotatable bonds is 3. The topological polar surface area (TPSA) is 29.3 Å². The lowest BCUT2D eigenvalue weighted by atomic mass is 9.73. The van der Waals surface area contributed by atoms with E-state index in [0.29, 0.717) is 5.54 Å². The van der Waals surface area contributed by atoms with E-state index < -0.39 is 0 Å². The minimum absolute atomic E-state index is 0.346. The highest BCUT2D eigenvalue weighted by molar-refractivity contribution is 4.99. The van der Waals surface area contributed by atoms with E-state index in [9.17, 15) is 0 Å². The van der Waals surface area contributed by atoms with Crippen LogP contribution >= 0.6 is 0 Å². The molecule has 2 N–H and O–H groups in total. The quantitative estimate of drug-likeness (QED) is 0.818. The minimum Gasteiger partial charge on any atom is -0.329 e.